The lowest BCUT2D eigenvalue weighted by molar-refractivity contribution is -0.286. The van der Waals surface area contributed by atoms with E-state index in [1.165, 1.54) is 36.5 Å². The molecule has 2 aromatic carbocycles. The van der Waals surface area contributed by atoms with E-state index in [-0.39, 0.29) is 29.2 Å². The minimum absolute atomic E-state index is 0.120. The first kappa shape index (κ1) is 25.6. The summed E-state index contributed by atoms with van der Waals surface area (Å²) in [5.74, 6) is 0.287. The maximum absolute atomic E-state index is 13.6. The van der Waals surface area contributed by atoms with Gasteiger partial charge in [0.2, 0.25) is 5.91 Å². The van der Waals surface area contributed by atoms with E-state index in [4.69, 9.17) is 9.47 Å². The SMILES string of the molecule is COc1ccc(-c2nn(CC(=O)N(c3ccc4c(c3)OC(F)(F)O4)C3CC3)c(=O)c3[nH]cnc23)cc1OC(C)C. The van der Waals surface area contributed by atoms with Crippen LogP contribution in [0.1, 0.15) is 26.7 Å². The molecule has 11 nitrogen and oxygen atoms in total. The van der Waals surface area contributed by atoms with Crippen molar-refractivity contribution in [1.29, 1.82) is 0 Å². The highest BCUT2D eigenvalue weighted by molar-refractivity contribution is 5.95. The van der Waals surface area contributed by atoms with Crippen molar-refractivity contribution in [1.82, 2.24) is 19.7 Å². The largest absolute Gasteiger partial charge is 0.586 e. The number of amides is 1. The number of carbonyl (C=O) groups excluding carboxylic acids is 1. The Morgan fingerprint density at radius 1 is 1.18 bits per heavy atom. The highest BCUT2D eigenvalue weighted by Crippen LogP contribution is 2.44. The number of rotatable bonds is 8. The van der Waals surface area contributed by atoms with E-state index < -0.39 is 24.3 Å². The van der Waals surface area contributed by atoms with Crippen LogP contribution in [0, 0.1) is 0 Å². The van der Waals surface area contributed by atoms with Gasteiger partial charge in [0.1, 0.15) is 23.3 Å². The van der Waals surface area contributed by atoms with Gasteiger partial charge in [0.05, 0.1) is 19.5 Å². The van der Waals surface area contributed by atoms with Crippen LogP contribution in [0.25, 0.3) is 22.3 Å². The number of imidazole rings is 1. The van der Waals surface area contributed by atoms with Crippen molar-refractivity contribution >= 4 is 22.6 Å². The Balaban J connectivity index is 1.37. The van der Waals surface area contributed by atoms with Crippen LogP contribution >= 0.6 is 0 Å². The van der Waals surface area contributed by atoms with Crippen molar-refractivity contribution in [2.75, 3.05) is 12.0 Å². The molecule has 4 aromatic rings. The molecule has 1 fully saturated rings. The summed E-state index contributed by atoms with van der Waals surface area (Å²) in [6.07, 6.45) is -1.05. The Kier molecular flexibility index (Phi) is 6.08. The molecule has 0 spiro atoms. The highest BCUT2D eigenvalue weighted by atomic mass is 19.3. The lowest BCUT2D eigenvalue weighted by atomic mass is 10.1. The second-order valence-corrected chi connectivity index (χ2v) is 9.76. The summed E-state index contributed by atoms with van der Waals surface area (Å²) in [5, 5.41) is 4.53. The van der Waals surface area contributed by atoms with Gasteiger partial charge >= 0.3 is 6.29 Å². The maximum Gasteiger partial charge on any atom is 0.586 e. The first-order chi connectivity index (χ1) is 19.1. The molecule has 208 valence electrons. The molecular weight excluding hydrogens is 528 g/mol. The van der Waals surface area contributed by atoms with Gasteiger partial charge in [-0.15, -0.1) is 8.78 Å². The number of anilines is 1. The zero-order valence-corrected chi connectivity index (χ0v) is 21.8. The van der Waals surface area contributed by atoms with Crippen LogP contribution < -0.4 is 29.4 Å². The van der Waals surface area contributed by atoms with Crippen molar-refractivity contribution in [3.05, 3.63) is 53.1 Å². The second-order valence-electron chi connectivity index (χ2n) is 9.76. The Bertz CT molecular complexity index is 1680. The van der Waals surface area contributed by atoms with Crippen LogP contribution in [0.3, 0.4) is 0 Å². The van der Waals surface area contributed by atoms with Gasteiger partial charge in [-0.05, 0) is 57.0 Å². The average Bonchev–Trinajstić information content (AvgIpc) is 3.49. The Morgan fingerprint density at radius 2 is 1.95 bits per heavy atom. The Labute approximate surface area is 226 Å². The number of methoxy groups -OCH3 is 1. The van der Waals surface area contributed by atoms with Crippen molar-refractivity contribution in [3.8, 4) is 34.3 Å². The highest BCUT2D eigenvalue weighted by Gasteiger charge is 2.44. The van der Waals surface area contributed by atoms with E-state index >= 15 is 0 Å². The molecule has 1 aliphatic carbocycles. The third-order valence-electron chi connectivity index (χ3n) is 6.46. The summed E-state index contributed by atoms with van der Waals surface area (Å²) >= 11 is 0. The van der Waals surface area contributed by atoms with E-state index in [9.17, 15) is 18.4 Å². The Morgan fingerprint density at radius 3 is 2.67 bits per heavy atom. The van der Waals surface area contributed by atoms with Crippen LogP contribution in [-0.4, -0.2) is 51.2 Å². The summed E-state index contributed by atoms with van der Waals surface area (Å²) in [5.41, 5.74) is 1.31. The van der Waals surface area contributed by atoms with Crippen molar-refractivity contribution < 1.29 is 32.5 Å². The number of H-pyrrole nitrogens is 1. The van der Waals surface area contributed by atoms with Crippen molar-refractivity contribution in [3.63, 3.8) is 0 Å². The summed E-state index contributed by atoms with van der Waals surface area (Å²) < 4.78 is 48.5. The molecule has 13 heteroatoms. The smallest absolute Gasteiger partial charge is 0.493 e. The lowest BCUT2D eigenvalue weighted by Gasteiger charge is -2.23. The zero-order chi connectivity index (χ0) is 28.2. The predicted molar refractivity (Wildman–Crippen MR) is 139 cm³/mol. The van der Waals surface area contributed by atoms with Gasteiger partial charge in [0, 0.05) is 23.4 Å². The fourth-order valence-electron chi connectivity index (χ4n) is 4.63. The summed E-state index contributed by atoms with van der Waals surface area (Å²) in [4.78, 5) is 35.5. The minimum Gasteiger partial charge on any atom is -0.493 e. The first-order valence-corrected chi connectivity index (χ1v) is 12.6. The number of benzene rings is 2. The van der Waals surface area contributed by atoms with Gasteiger partial charge in [0.25, 0.3) is 5.56 Å². The molecule has 1 aliphatic heterocycles. The molecular formula is C27H25F2N5O6. The molecule has 6 rings (SSSR count). The monoisotopic (exact) mass is 553 g/mol. The average molecular weight is 554 g/mol. The molecule has 2 aliphatic rings. The fraction of sp³-hybridized carbons (Fsp3) is 0.333. The van der Waals surface area contributed by atoms with Gasteiger partial charge < -0.3 is 28.8 Å². The standard InChI is InChI=1S/C27H25F2N5O6/c1-14(2)38-20-10-15(4-8-18(20)37-3)23-24-25(31-13-30-24)26(36)33(32-23)12-22(35)34(16-5-6-16)17-7-9-19-21(11-17)40-27(28,29)39-19/h4,7-11,13-14,16H,5-6,12H2,1-3H3,(H,30,31). The number of aromatic nitrogens is 4. The number of halogens is 2. The number of fused-ring (bicyclic) bond motifs is 2. The Hall–Kier alpha value is -4.68. The number of aromatic amines is 1. The van der Waals surface area contributed by atoms with E-state index in [0.29, 0.717) is 34.0 Å². The van der Waals surface area contributed by atoms with Crippen LogP contribution in [0.15, 0.2) is 47.5 Å². The van der Waals surface area contributed by atoms with Crippen molar-refractivity contribution in [2.45, 2.75) is 51.7 Å². The van der Waals surface area contributed by atoms with Gasteiger partial charge in [-0.25, -0.2) is 9.67 Å². The van der Waals surface area contributed by atoms with E-state index in [1.54, 1.807) is 18.2 Å². The van der Waals surface area contributed by atoms with E-state index in [0.717, 1.165) is 17.5 Å². The van der Waals surface area contributed by atoms with E-state index in [2.05, 4.69) is 24.5 Å². The fourth-order valence-corrected chi connectivity index (χ4v) is 4.63. The molecule has 0 bridgehead atoms. The van der Waals surface area contributed by atoms with Crippen LogP contribution in [0.5, 0.6) is 23.0 Å². The molecule has 1 amide bonds. The quantitative estimate of drug-likeness (QED) is 0.346. The molecule has 1 saturated carbocycles. The van der Waals surface area contributed by atoms with Gasteiger partial charge in [-0.2, -0.15) is 5.10 Å². The second kappa shape index (κ2) is 9.50. The summed E-state index contributed by atoms with van der Waals surface area (Å²) in [7, 11) is 1.54. The zero-order valence-electron chi connectivity index (χ0n) is 21.8. The lowest BCUT2D eigenvalue weighted by Crippen LogP contribution is -2.39. The van der Waals surface area contributed by atoms with Crippen LogP contribution in [0.4, 0.5) is 14.5 Å². The number of hydrogen-bond donors (Lipinski definition) is 1. The third kappa shape index (κ3) is 4.67. The molecule has 0 unspecified atom stereocenters. The predicted octanol–water partition coefficient (Wildman–Crippen LogP) is 4.10. The normalized spacial score (nSPS) is 15.4. The topological polar surface area (TPSA) is 121 Å². The molecule has 2 aromatic heterocycles. The number of ether oxygens (including phenoxy) is 4. The number of nitrogens with one attached hydrogen (secondary N) is 1. The summed E-state index contributed by atoms with van der Waals surface area (Å²) in [6, 6.07) is 9.26. The van der Waals surface area contributed by atoms with Gasteiger partial charge in [-0.1, -0.05) is 0 Å². The number of alkyl halides is 2. The van der Waals surface area contributed by atoms with Crippen molar-refractivity contribution in [2.24, 2.45) is 0 Å². The van der Waals surface area contributed by atoms with Crippen LogP contribution in [0.2, 0.25) is 0 Å². The molecule has 3 heterocycles. The van der Waals surface area contributed by atoms with Gasteiger partial charge in [0.15, 0.2) is 23.0 Å². The summed E-state index contributed by atoms with van der Waals surface area (Å²) in [6.45, 7) is 3.38. The molecule has 0 radical (unpaired) electrons. The maximum atomic E-state index is 13.6. The number of carbonyl (C=O) groups is 1. The molecule has 40 heavy (non-hydrogen) atoms. The van der Waals surface area contributed by atoms with E-state index in [1.807, 2.05) is 13.8 Å². The molecule has 0 saturated heterocycles. The third-order valence-corrected chi connectivity index (χ3v) is 6.46. The van der Waals surface area contributed by atoms with Gasteiger partial charge in [-0.3, -0.25) is 9.59 Å². The number of hydrogen-bond acceptors (Lipinski definition) is 8. The minimum atomic E-state index is -3.77. The number of nitrogens with zero attached hydrogens (tertiary/aromatic N) is 4. The molecule has 0 atom stereocenters. The van der Waals surface area contributed by atoms with Crippen LogP contribution in [-0.2, 0) is 11.3 Å². The first-order valence-electron chi connectivity index (χ1n) is 12.6. The molecule has 1 N–H and O–H groups in total.